The number of ketones is 2. The van der Waals surface area contributed by atoms with Gasteiger partial charge in [-0.3, -0.25) is 9.59 Å². The molecule has 0 spiro atoms. The highest BCUT2D eigenvalue weighted by atomic mass is 35.5. The van der Waals surface area contributed by atoms with Gasteiger partial charge in [0.1, 0.15) is 5.75 Å². The van der Waals surface area contributed by atoms with Crippen LogP contribution in [0.2, 0.25) is 5.02 Å². The fourth-order valence-electron chi connectivity index (χ4n) is 4.49. The van der Waals surface area contributed by atoms with Crippen molar-refractivity contribution in [2.24, 2.45) is 0 Å². The molecular weight excluding hydrogens is 556 g/mol. The Morgan fingerprint density at radius 1 is 0.628 bits per heavy atom. The van der Waals surface area contributed by atoms with Crippen molar-refractivity contribution in [1.82, 2.24) is 0 Å². The summed E-state index contributed by atoms with van der Waals surface area (Å²) in [6.45, 7) is 1.59. The summed E-state index contributed by atoms with van der Waals surface area (Å²) in [5.74, 6) is 1.00. The number of aliphatic hydroxyl groups excluding tert-OH is 1. The molecule has 0 radical (unpaired) electrons. The van der Waals surface area contributed by atoms with Crippen molar-refractivity contribution in [2.75, 3.05) is 7.11 Å². The van der Waals surface area contributed by atoms with Gasteiger partial charge in [0.25, 0.3) is 0 Å². The Kier molecular flexibility index (Phi) is 11.2. The highest BCUT2D eigenvalue weighted by molar-refractivity contribution is 6.30. The molecule has 6 rings (SSSR count). The zero-order chi connectivity index (χ0) is 30.6. The lowest BCUT2D eigenvalue weighted by atomic mass is 9.99. The first kappa shape index (κ1) is 31.2. The van der Waals surface area contributed by atoms with Crippen LogP contribution in [-0.2, 0) is 13.0 Å². The third kappa shape index (κ3) is 9.11. The van der Waals surface area contributed by atoms with Crippen molar-refractivity contribution in [1.29, 1.82) is 0 Å². The minimum atomic E-state index is -0.00198. The van der Waals surface area contributed by atoms with Crippen LogP contribution >= 0.6 is 11.6 Å². The molecule has 0 amide bonds. The van der Waals surface area contributed by atoms with Crippen LogP contribution in [0.1, 0.15) is 38.8 Å². The van der Waals surface area contributed by atoms with E-state index >= 15 is 0 Å². The SMILES string of the molecule is CC(=O)c1ccc2ccccc2c1.COc1cccc(Cl)c1.O=C(Cc1cccc(CO)c1)c1ccc2ccccc2c1. The fraction of sp³-hybridized carbons (Fsp3) is 0.105. The number of hydrogen-bond acceptors (Lipinski definition) is 4. The molecule has 0 heterocycles. The lowest BCUT2D eigenvalue weighted by Crippen LogP contribution is -2.03. The largest absolute Gasteiger partial charge is 0.497 e. The van der Waals surface area contributed by atoms with Gasteiger partial charge in [-0.05, 0) is 69.9 Å². The molecule has 4 nitrogen and oxygen atoms in total. The molecular formula is C38H33ClO4. The second-order valence-corrected chi connectivity index (χ2v) is 10.4. The third-order valence-electron chi connectivity index (χ3n) is 6.80. The maximum absolute atomic E-state index is 12.4. The molecule has 0 saturated heterocycles. The maximum Gasteiger partial charge on any atom is 0.167 e. The minimum absolute atomic E-state index is 0.00198. The molecule has 0 aliphatic heterocycles. The molecule has 0 saturated carbocycles. The molecule has 1 N–H and O–H groups in total. The van der Waals surface area contributed by atoms with Crippen LogP contribution < -0.4 is 4.74 Å². The highest BCUT2D eigenvalue weighted by Crippen LogP contribution is 2.19. The van der Waals surface area contributed by atoms with Crippen LogP contribution in [0.4, 0.5) is 0 Å². The lowest BCUT2D eigenvalue weighted by Gasteiger charge is -2.05. The second kappa shape index (κ2) is 15.5. The fourth-order valence-corrected chi connectivity index (χ4v) is 4.67. The van der Waals surface area contributed by atoms with E-state index in [1.807, 2.05) is 127 Å². The highest BCUT2D eigenvalue weighted by Gasteiger charge is 2.08. The Balaban J connectivity index is 0.000000163. The molecule has 43 heavy (non-hydrogen) atoms. The molecule has 0 aliphatic rings. The van der Waals surface area contributed by atoms with Crippen LogP contribution in [0.5, 0.6) is 5.75 Å². The molecule has 0 bridgehead atoms. The van der Waals surface area contributed by atoms with Crippen LogP contribution in [0, 0.1) is 0 Å². The van der Waals surface area contributed by atoms with Gasteiger partial charge in [-0.25, -0.2) is 0 Å². The number of aliphatic hydroxyl groups is 1. The summed E-state index contributed by atoms with van der Waals surface area (Å²) >= 11 is 5.64. The Hall–Kier alpha value is -4.77. The summed E-state index contributed by atoms with van der Waals surface area (Å²) in [6, 6.07) is 42.4. The Bertz CT molecular complexity index is 1840. The number of Topliss-reactive ketones (excluding diaryl/α,β-unsaturated/α-hetero) is 2. The monoisotopic (exact) mass is 588 g/mol. The minimum Gasteiger partial charge on any atom is -0.497 e. The van der Waals surface area contributed by atoms with Crippen LogP contribution in [0.15, 0.2) is 133 Å². The van der Waals surface area contributed by atoms with Gasteiger partial charge in [-0.2, -0.15) is 0 Å². The predicted octanol–water partition coefficient (Wildman–Crippen LogP) is 9.15. The number of hydrogen-bond donors (Lipinski definition) is 1. The summed E-state index contributed by atoms with van der Waals surface area (Å²) < 4.78 is 4.91. The van der Waals surface area contributed by atoms with E-state index in [1.54, 1.807) is 20.1 Å². The van der Waals surface area contributed by atoms with Crippen molar-refractivity contribution in [3.05, 3.63) is 161 Å². The molecule has 0 fully saturated rings. The average Bonchev–Trinajstić information content (AvgIpc) is 3.05. The van der Waals surface area contributed by atoms with Gasteiger partial charge in [0.15, 0.2) is 11.6 Å². The van der Waals surface area contributed by atoms with Crippen LogP contribution in [-0.4, -0.2) is 23.8 Å². The Morgan fingerprint density at radius 2 is 1.19 bits per heavy atom. The summed E-state index contributed by atoms with van der Waals surface area (Å²) in [6.07, 6.45) is 0.353. The number of carbonyl (C=O) groups is 2. The van der Waals surface area contributed by atoms with E-state index in [-0.39, 0.29) is 18.2 Å². The molecule has 5 heteroatoms. The van der Waals surface area contributed by atoms with Gasteiger partial charge < -0.3 is 9.84 Å². The van der Waals surface area contributed by atoms with E-state index in [0.29, 0.717) is 11.4 Å². The smallest absolute Gasteiger partial charge is 0.167 e. The first-order valence-corrected chi connectivity index (χ1v) is 14.2. The number of benzene rings is 6. The van der Waals surface area contributed by atoms with Gasteiger partial charge in [-0.15, -0.1) is 0 Å². The summed E-state index contributed by atoms with van der Waals surface area (Å²) in [5, 5.41) is 14.4. The summed E-state index contributed by atoms with van der Waals surface area (Å²) in [7, 11) is 1.62. The van der Waals surface area contributed by atoms with Crippen LogP contribution in [0.25, 0.3) is 21.5 Å². The number of methoxy groups -OCH3 is 1. The van der Waals surface area contributed by atoms with E-state index < -0.39 is 0 Å². The van der Waals surface area contributed by atoms with Crippen molar-refractivity contribution >= 4 is 44.7 Å². The van der Waals surface area contributed by atoms with E-state index in [1.165, 1.54) is 5.39 Å². The third-order valence-corrected chi connectivity index (χ3v) is 7.03. The average molecular weight is 589 g/mol. The van der Waals surface area contributed by atoms with Gasteiger partial charge in [0, 0.05) is 22.6 Å². The Labute approximate surface area is 257 Å². The van der Waals surface area contributed by atoms with Gasteiger partial charge in [-0.1, -0.05) is 115 Å². The number of ether oxygens (including phenoxy) is 1. The Morgan fingerprint density at radius 3 is 1.74 bits per heavy atom. The van der Waals surface area contributed by atoms with E-state index in [2.05, 4.69) is 0 Å². The van der Waals surface area contributed by atoms with Gasteiger partial charge >= 0.3 is 0 Å². The maximum atomic E-state index is 12.4. The molecule has 6 aromatic rings. The number of fused-ring (bicyclic) bond motifs is 2. The van der Waals surface area contributed by atoms with Crippen molar-refractivity contribution in [3.8, 4) is 5.75 Å². The number of carbonyl (C=O) groups excluding carboxylic acids is 2. The van der Waals surface area contributed by atoms with Crippen molar-refractivity contribution in [3.63, 3.8) is 0 Å². The lowest BCUT2D eigenvalue weighted by molar-refractivity contribution is 0.0990. The van der Waals surface area contributed by atoms with Crippen molar-refractivity contribution < 1.29 is 19.4 Å². The van der Waals surface area contributed by atoms with E-state index in [0.717, 1.165) is 44.2 Å². The topological polar surface area (TPSA) is 63.6 Å². The molecule has 0 unspecified atom stereocenters. The number of rotatable bonds is 6. The zero-order valence-electron chi connectivity index (χ0n) is 24.2. The second-order valence-electron chi connectivity index (χ2n) is 9.92. The first-order valence-electron chi connectivity index (χ1n) is 13.9. The summed E-state index contributed by atoms with van der Waals surface area (Å²) in [5.41, 5.74) is 3.26. The molecule has 0 aliphatic carbocycles. The van der Waals surface area contributed by atoms with Gasteiger partial charge in [0.2, 0.25) is 0 Å². The van der Waals surface area contributed by atoms with E-state index in [9.17, 15) is 9.59 Å². The number of halogens is 1. The first-order chi connectivity index (χ1) is 20.9. The van der Waals surface area contributed by atoms with Crippen molar-refractivity contribution in [2.45, 2.75) is 20.0 Å². The zero-order valence-corrected chi connectivity index (χ0v) is 24.9. The predicted molar refractivity (Wildman–Crippen MR) is 176 cm³/mol. The van der Waals surface area contributed by atoms with Gasteiger partial charge in [0.05, 0.1) is 13.7 Å². The quantitative estimate of drug-likeness (QED) is 0.197. The molecule has 6 aromatic carbocycles. The standard InChI is InChI=1S/C19H16O2.C12H10O.C7H7ClO/c20-13-15-5-3-4-14(10-15)11-19(21)18-9-8-16-6-1-2-7-17(16)12-18;1-9(13)11-7-6-10-4-2-3-5-12(10)8-11;1-9-7-4-2-3-6(8)5-7/h1-10,12,20H,11,13H2;2-8H,1H3;2-5H,1H3. The van der Waals surface area contributed by atoms with Crippen LogP contribution in [0.3, 0.4) is 0 Å². The van der Waals surface area contributed by atoms with E-state index in [4.69, 9.17) is 21.4 Å². The normalized spacial score (nSPS) is 10.2. The molecule has 216 valence electrons. The summed E-state index contributed by atoms with van der Waals surface area (Å²) in [4.78, 5) is 23.5. The molecule has 0 aromatic heterocycles. The molecule has 0 atom stereocenters.